The molecule has 0 aliphatic rings. The van der Waals surface area contributed by atoms with Gasteiger partial charge in [0.1, 0.15) is 73.7 Å². The lowest BCUT2D eigenvalue weighted by atomic mass is 9.65. The first-order valence-corrected chi connectivity index (χ1v) is 29.4. The normalized spacial score (nSPS) is 12.1. The Balaban J connectivity index is 1.96. The molecule has 0 aromatic heterocycles. The highest BCUT2D eigenvalue weighted by molar-refractivity contribution is 5.90. The van der Waals surface area contributed by atoms with E-state index in [1.165, 1.54) is 76.2 Å². The monoisotopic (exact) mass is 1340 g/mol. The number of benzene rings is 4. The molecule has 4 N–H and O–H groups in total. The summed E-state index contributed by atoms with van der Waals surface area (Å²) in [5.74, 6) is -5.74. The Morgan fingerprint density at radius 1 is 0.299 bits per heavy atom. The van der Waals surface area contributed by atoms with E-state index in [1.54, 1.807) is 48.5 Å². The molecule has 4 aromatic carbocycles. The molecule has 4 aromatic rings. The number of hydrogen-bond donors (Lipinski definition) is 4. The van der Waals surface area contributed by atoms with Crippen LogP contribution in [-0.2, 0) is 72.2 Å². The van der Waals surface area contributed by atoms with Crippen molar-refractivity contribution < 1.29 is 105 Å². The van der Waals surface area contributed by atoms with Crippen molar-refractivity contribution in [3.63, 3.8) is 0 Å². The Bertz CT molecular complexity index is 3060. The summed E-state index contributed by atoms with van der Waals surface area (Å²) in [6, 6.07) is 24.4. The molecular formula is C71H76N4O22. The van der Waals surface area contributed by atoms with Gasteiger partial charge in [0.25, 0.3) is 0 Å². The molecule has 512 valence electrons. The summed E-state index contributed by atoms with van der Waals surface area (Å²) in [5.41, 5.74) is -5.66. The molecule has 0 spiro atoms. The van der Waals surface area contributed by atoms with Crippen LogP contribution in [0.2, 0.25) is 0 Å². The number of carbonyl (C=O) groups is 12. The van der Waals surface area contributed by atoms with E-state index in [-0.39, 0.29) is 73.5 Å². The standard InChI is InChI=1S/C71H76N4O22/c1-13-51(76)37-39-67(9,41-88-57(78)15-3)72-63(84)94-53-29-21-47(22-30-53)71(48-23-31-54(32-24-48)95-64(85)73-68(10,40-38-52(77)14-2)42-89-58(79)16-4,49-25-33-55(34-26-49)96-65(86)74-69(11,43-90-59(80)17-5)44-91-60(81)18-6)50-27-35-56(36-28-50)97-66(87)75-70(12,45-92-61(82)19-7)46-93-62(83)20-8/h13-36H,1-8,37-46H2,9-12H3,(H,72,84)(H,73,85)(H,74,86)(H,75,87). The van der Waals surface area contributed by atoms with Gasteiger partial charge in [-0.3, -0.25) is 9.59 Å². The van der Waals surface area contributed by atoms with Gasteiger partial charge in [-0.05, 0) is 123 Å². The van der Waals surface area contributed by atoms with Crippen molar-refractivity contribution in [3.8, 4) is 23.0 Å². The van der Waals surface area contributed by atoms with Crippen molar-refractivity contribution >= 4 is 71.8 Å². The highest BCUT2D eigenvalue weighted by atomic mass is 16.6. The van der Waals surface area contributed by atoms with Gasteiger partial charge in [0, 0.05) is 49.3 Å². The third-order valence-corrected chi connectivity index (χ3v) is 14.1. The number of rotatable bonds is 38. The molecule has 0 aliphatic carbocycles. The SMILES string of the molecule is C=CC(=O)CCC(C)(COC(=O)C=C)NC(=O)Oc1ccc(C(c2ccc(OC(=O)NC(C)(CCC(=O)C=C)COC(=O)C=C)cc2)(c2ccc(OC(=O)NC(C)(COC(=O)C=C)COC(=O)C=C)cc2)c2ccc(OC(=O)NC(C)(COC(=O)C=C)COC(=O)C=C)cc2)cc1. The minimum atomic E-state index is -1.56. The third kappa shape index (κ3) is 24.5. The fourth-order valence-corrected chi connectivity index (χ4v) is 8.92. The first kappa shape index (κ1) is 77.5. The molecule has 0 radical (unpaired) electrons. The highest BCUT2D eigenvalue weighted by Gasteiger charge is 2.40. The van der Waals surface area contributed by atoms with E-state index >= 15 is 0 Å². The predicted octanol–water partition coefficient (Wildman–Crippen LogP) is 8.90. The van der Waals surface area contributed by atoms with Crippen molar-refractivity contribution in [3.05, 3.63) is 221 Å². The lowest BCUT2D eigenvalue weighted by Crippen LogP contribution is -2.54. The molecule has 0 saturated carbocycles. The van der Waals surface area contributed by atoms with Gasteiger partial charge in [0.15, 0.2) is 11.6 Å². The van der Waals surface area contributed by atoms with Crippen LogP contribution in [0.15, 0.2) is 198 Å². The average molecular weight is 1340 g/mol. The Labute approximate surface area is 560 Å². The molecule has 4 amide bonds. The van der Waals surface area contributed by atoms with Crippen molar-refractivity contribution in [2.75, 3.05) is 39.6 Å². The molecule has 26 heteroatoms. The Kier molecular flexibility index (Phi) is 29.1. The number of amides is 4. The number of esters is 6. The molecule has 0 fully saturated rings. The fourth-order valence-electron chi connectivity index (χ4n) is 8.92. The van der Waals surface area contributed by atoms with Crippen LogP contribution in [0.1, 0.15) is 75.6 Å². The number of ether oxygens (including phenoxy) is 10. The summed E-state index contributed by atoms with van der Waals surface area (Å²) in [6.45, 7) is 30.4. The second-order valence-corrected chi connectivity index (χ2v) is 22.4. The van der Waals surface area contributed by atoms with Crippen LogP contribution in [0.4, 0.5) is 19.2 Å². The van der Waals surface area contributed by atoms with Crippen molar-refractivity contribution in [2.45, 2.75) is 80.9 Å². The highest BCUT2D eigenvalue weighted by Crippen LogP contribution is 2.47. The summed E-state index contributed by atoms with van der Waals surface area (Å²) < 4.78 is 54.2. The Hall–Kier alpha value is -12.0. The van der Waals surface area contributed by atoms with Gasteiger partial charge in [0.2, 0.25) is 0 Å². The molecule has 0 bridgehead atoms. The van der Waals surface area contributed by atoms with E-state index in [2.05, 4.69) is 73.9 Å². The molecule has 2 unspecified atom stereocenters. The summed E-state index contributed by atoms with van der Waals surface area (Å²) in [7, 11) is 0. The van der Waals surface area contributed by atoms with Crippen LogP contribution < -0.4 is 40.2 Å². The zero-order chi connectivity index (χ0) is 72.0. The second-order valence-electron chi connectivity index (χ2n) is 22.4. The van der Waals surface area contributed by atoms with Crippen LogP contribution in [0.5, 0.6) is 23.0 Å². The van der Waals surface area contributed by atoms with Crippen LogP contribution in [0, 0.1) is 0 Å². The number of carbonyl (C=O) groups excluding carboxylic acids is 12. The maximum absolute atomic E-state index is 13.7. The van der Waals surface area contributed by atoms with E-state index in [1.807, 2.05) is 0 Å². The maximum atomic E-state index is 13.7. The lowest BCUT2D eigenvalue weighted by molar-refractivity contribution is -0.145. The number of ketones is 2. The summed E-state index contributed by atoms with van der Waals surface area (Å²) in [4.78, 5) is 152. The Morgan fingerprint density at radius 3 is 0.670 bits per heavy atom. The van der Waals surface area contributed by atoms with E-state index in [4.69, 9.17) is 47.4 Å². The lowest BCUT2D eigenvalue weighted by Gasteiger charge is -2.37. The Morgan fingerprint density at radius 2 is 0.485 bits per heavy atom. The number of allylic oxidation sites excluding steroid dienone is 2. The summed E-state index contributed by atoms with van der Waals surface area (Å²) >= 11 is 0. The van der Waals surface area contributed by atoms with Crippen LogP contribution >= 0.6 is 0 Å². The summed E-state index contributed by atoms with van der Waals surface area (Å²) in [6.07, 6.45) is 3.36. The minimum absolute atomic E-state index is 0.000869. The van der Waals surface area contributed by atoms with E-state index in [0.717, 1.165) is 48.6 Å². The first-order valence-electron chi connectivity index (χ1n) is 29.4. The zero-order valence-corrected chi connectivity index (χ0v) is 54.1. The van der Waals surface area contributed by atoms with E-state index in [9.17, 15) is 57.5 Å². The van der Waals surface area contributed by atoms with Crippen LogP contribution in [0.3, 0.4) is 0 Å². The van der Waals surface area contributed by atoms with Crippen LogP contribution in [-0.4, -0.2) is 134 Å². The number of hydrogen-bond acceptors (Lipinski definition) is 22. The molecule has 97 heavy (non-hydrogen) atoms. The van der Waals surface area contributed by atoms with Crippen molar-refractivity contribution in [2.24, 2.45) is 0 Å². The third-order valence-electron chi connectivity index (χ3n) is 14.1. The smallest absolute Gasteiger partial charge is 0.413 e. The largest absolute Gasteiger partial charge is 0.460 e. The molecular weight excluding hydrogens is 1260 g/mol. The molecule has 26 nitrogen and oxygen atoms in total. The maximum Gasteiger partial charge on any atom is 0.413 e. The van der Waals surface area contributed by atoms with Gasteiger partial charge in [-0.1, -0.05) is 101 Å². The number of nitrogens with one attached hydrogen (secondary N) is 4. The fraction of sp³-hybridized carbons (Fsp3) is 0.268. The summed E-state index contributed by atoms with van der Waals surface area (Å²) in [5, 5.41) is 10.5. The average Bonchev–Trinajstić information content (AvgIpc) is 0.733. The first-order chi connectivity index (χ1) is 45.9. The second kappa shape index (κ2) is 36.5. The van der Waals surface area contributed by atoms with E-state index in [0.29, 0.717) is 22.3 Å². The molecule has 2 atom stereocenters. The van der Waals surface area contributed by atoms with Gasteiger partial charge in [0.05, 0.1) is 16.5 Å². The van der Waals surface area contributed by atoms with Crippen LogP contribution in [0.25, 0.3) is 0 Å². The molecule has 0 heterocycles. The minimum Gasteiger partial charge on any atom is -0.460 e. The van der Waals surface area contributed by atoms with Crippen molar-refractivity contribution in [1.82, 2.24) is 21.3 Å². The zero-order valence-electron chi connectivity index (χ0n) is 54.1. The van der Waals surface area contributed by atoms with Gasteiger partial charge in [-0.25, -0.2) is 47.9 Å². The predicted molar refractivity (Wildman–Crippen MR) is 351 cm³/mol. The van der Waals surface area contributed by atoms with Gasteiger partial charge in [-0.2, -0.15) is 0 Å². The van der Waals surface area contributed by atoms with E-state index < -0.39 is 114 Å². The molecule has 0 saturated heterocycles. The van der Waals surface area contributed by atoms with Gasteiger partial charge < -0.3 is 68.6 Å². The van der Waals surface area contributed by atoms with Crippen molar-refractivity contribution in [1.29, 1.82) is 0 Å². The molecule has 4 rings (SSSR count). The molecule has 0 aliphatic heterocycles. The van der Waals surface area contributed by atoms with Gasteiger partial charge >= 0.3 is 60.2 Å². The quantitative estimate of drug-likeness (QED) is 0.0141. The van der Waals surface area contributed by atoms with Gasteiger partial charge in [-0.15, -0.1) is 0 Å². The topological polar surface area (TPSA) is 345 Å².